The van der Waals surface area contributed by atoms with Gasteiger partial charge in [0.1, 0.15) is 11.3 Å². The molecule has 6 nitrogen and oxygen atoms in total. The van der Waals surface area contributed by atoms with Crippen LogP contribution in [-0.4, -0.2) is 31.6 Å². The summed E-state index contributed by atoms with van der Waals surface area (Å²) in [4.78, 5) is 29.7. The van der Waals surface area contributed by atoms with Gasteiger partial charge >= 0.3 is 5.97 Å². The van der Waals surface area contributed by atoms with Gasteiger partial charge in [0.2, 0.25) is 0 Å². The molecule has 0 aliphatic carbocycles. The topological polar surface area (TPSA) is 85.1 Å². The van der Waals surface area contributed by atoms with Crippen LogP contribution in [0.5, 0.6) is 0 Å². The Bertz CT molecular complexity index is 1260. The average Bonchev–Trinajstić information content (AvgIpc) is 3.13. The second-order valence-corrected chi connectivity index (χ2v) is 7.77. The zero-order valence-corrected chi connectivity index (χ0v) is 17.9. The number of pyridine rings is 1. The van der Waals surface area contributed by atoms with Crippen LogP contribution in [0.1, 0.15) is 43.2 Å². The van der Waals surface area contributed by atoms with Crippen LogP contribution in [-0.2, 0) is 13.0 Å². The largest absolute Gasteiger partial charge is 0.478 e. The number of carbonyl (C=O) groups is 2. The van der Waals surface area contributed by atoms with E-state index in [4.69, 9.17) is 0 Å². The summed E-state index contributed by atoms with van der Waals surface area (Å²) in [5.74, 6) is -1.28. The van der Waals surface area contributed by atoms with Crippen molar-refractivity contribution in [2.75, 3.05) is 0 Å². The molecule has 32 heavy (non-hydrogen) atoms. The molecule has 2 heterocycles. The summed E-state index contributed by atoms with van der Waals surface area (Å²) >= 11 is 0. The van der Waals surface area contributed by atoms with Crippen LogP contribution in [0, 0.1) is 13.8 Å². The van der Waals surface area contributed by atoms with Gasteiger partial charge in [0.15, 0.2) is 5.78 Å². The molecule has 2 aromatic carbocycles. The number of benzene rings is 2. The predicted molar refractivity (Wildman–Crippen MR) is 122 cm³/mol. The molecule has 4 aromatic rings. The van der Waals surface area contributed by atoms with Crippen molar-refractivity contribution in [3.8, 4) is 11.3 Å². The minimum atomic E-state index is -1.12. The molecule has 0 amide bonds. The van der Waals surface area contributed by atoms with Crippen molar-refractivity contribution in [2.45, 2.75) is 26.8 Å². The van der Waals surface area contributed by atoms with Gasteiger partial charge in [-0.1, -0.05) is 60.2 Å². The highest BCUT2D eigenvalue weighted by atomic mass is 16.4. The van der Waals surface area contributed by atoms with Gasteiger partial charge in [-0.2, -0.15) is 5.10 Å². The molecule has 0 saturated carbocycles. The van der Waals surface area contributed by atoms with Crippen LogP contribution in [0.3, 0.4) is 0 Å². The van der Waals surface area contributed by atoms with E-state index < -0.39 is 5.97 Å². The highest BCUT2D eigenvalue weighted by Gasteiger charge is 2.26. The molecule has 6 heteroatoms. The van der Waals surface area contributed by atoms with E-state index in [1.165, 1.54) is 0 Å². The van der Waals surface area contributed by atoms with Crippen molar-refractivity contribution in [3.63, 3.8) is 0 Å². The Hall–Kier alpha value is -4.06. The SMILES string of the molecule is Cc1ccc(C(=O)Cc2c(C(=O)O)c(-c3ccc(C)nc3)nn2Cc2ccccc2)cc1. The average molecular weight is 425 g/mol. The summed E-state index contributed by atoms with van der Waals surface area (Å²) in [5, 5.41) is 14.7. The van der Waals surface area contributed by atoms with Crippen LogP contribution < -0.4 is 0 Å². The molecule has 0 aliphatic rings. The minimum absolute atomic E-state index is 0.0343. The quantitative estimate of drug-likeness (QED) is 0.433. The third kappa shape index (κ3) is 4.49. The van der Waals surface area contributed by atoms with Crippen molar-refractivity contribution < 1.29 is 14.7 Å². The standard InChI is InChI=1S/C26H23N3O3/c1-17-8-11-20(12-9-17)23(30)14-22-24(26(31)32)25(21-13-10-18(2)27-15-21)28-29(22)16-19-6-4-3-5-7-19/h3-13,15H,14,16H2,1-2H3,(H,31,32). The summed E-state index contributed by atoms with van der Waals surface area (Å²) in [7, 11) is 0. The summed E-state index contributed by atoms with van der Waals surface area (Å²) < 4.78 is 1.63. The lowest BCUT2D eigenvalue weighted by Gasteiger charge is -2.09. The molecule has 0 unspecified atom stereocenters. The lowest BCUT2D eigenvalue weighted by atomic mass is 10.0. The fourth-order valence-corrected chi connectivity index (χ4v) is 3.59. The van der Waals surface area contributed by atoms with Gasteiger partial charge in [-0.25, -0.2) is 4.79 Å². The number of hydrogen-bond donors (Lipinski definition) is 1. The number of carboxylic acid groups (broad SMARTS) is 1. The first kappa shape index (κ1) is 21.2. The summed E-state index contributed by atoms with van der Waals surface area (Å²) in [6, 6.07) is 20.5. The number of aromatic nitrogens is 3. The van der Waals surface area contributed by atoms with Crippen molar-refractivity contribution in [2.24, 2.45) is 0 Å². The highest BCUT2D eigenvalue weighted by Crippen LogP contribution is 2.27. The van der Waals surface area contributed by atoms with Gasteiger partial charge in [-0.3, -0.25) is 14.5 Å². The number of Topliss-reactive ketones (excluding diaryl/α,β-unsaturated/α-hetero) is 1. The van der Waals surface area contributed by atoms with Crippen molar-refractivity contribution >= 4 is 11.8 Å². The third-order valence-corrected chi connectivity index (χ3v) is 5.33. The van der Waals surface area contributed by atoms with Gasteiger partial charge < -0.3 is 5.11 Å². The number of rotatable bonds is 7. The Balaban J connectivity index is 1.82. The molecule has 160 valence electrons. The molecule has 0 bridgehead atoms. The minimum Gasteiger partial charge on any atom is -0.478 e. The maximum atomic E-state index is 13.0. The molecule has 0 aliphatic heterocycles. The number of ketones is 1. The molecule has 0 spiro atoms. The van der Waals surface area contributed by atoms with E-state index in [2.05, 4.69) is 10.1 Å². The van der Waals surface area contributed by atoms with Crippen LogP contribution in [0.4, 0.5) is 0 Å². The highest BCUT2D eigenvalue weighted by molar-refractivity contribution is 6.01. The first-order valence-electron chi connectivity index (χ1n) is 10.3. The van der Waals surface area contributed by atoms with Crippen LogP contribution in [0.15, 0.2) is 72.9 Å². The molecule has 0 fully saturated rings. The van der Waals surface area contributed by atoms with Crippen LogP contribution in [0.2, 0.25) is 0 Å². The van der Waals surface area contributed by atoms with Crippen molar-refractivity contribution in [1.82, 2.24) is 14.8 Å². The van der Waals surface area contributed by atoms with Gasteiger partial charge in [0.05, 0.1) is 18.7 Å². The number of aryl methyl sites for hydroxylation is 2. The van der Waals surface area contributed by atoms with Gasteiger partial charge in [0, 0.05) is 23.0 Å². The van der Waals surface area contributed by atoms with Crippen molar-refractivity contribution in [3.05, 3.63) is 107 Å². The summed E-state index contributed by atoms with van der Waals surface area (Å²) in [5.41, 5.74) is 4.70. The van der Waals surface area contributed by atoms with Crippen molar-refractivity contribution in [1.29, 1.82) is 0 Å². The van der Waals surface area contributed by atoms with E-state index in [9.17, 15) is 14.7 Å². The van der Waals surface area contributed by atoms with E-state index in [0.29, 0.717) is 29.1 Å². The number of aromatic carboxylic acids is 1. The van der Waals surface area contributed by atoms with E-state index in [-0.39, 0.29) is 17.8 Å². The zero-order valence-electron chi connectivity index (χ0n) is 17.9. The fraction of sp³-hybridized carbons (Fsp3) is 0.154. The molecule has 1 N–H and O–H groups in total. The second kappa shape index (κ2) is 8.98. The smallest absolute Gasteiger partial charge is 0.339 e. The van der Waals surface area contributed by atoms with E-state index >= 15 is 0 Å². The van der Waals surface area contributed by atoms with Crippen LogP contribution in [0.25, 0.3) is 11.3 Å². The summed E-state index contributed by atoms with van der Waals surface area (Å²) in [6.45, 7) is 4.17. The Morgan fingerprint density at radius 3 is 2.28 bits per heavy atom. The predicted octanol–water partition coefficient (Wildman–Crippen LogP) is 4.73. The molecule has 4 rings (SSSR count). The van der Waals surface area contributed by atoms with Gasteiger partial charge in [-0.15, -0.1) is 0 Å². The first-order chi connectivity index (χ1) is 15.4. The van der Waals surface area contributed by atoms with E-state index in [1.54, 1.807) is 29.1 Å². The molecule has 0 atom stereocenters. The fourth-order valence-electron chi connectivity index (χ4n) is 3.59. The first-order valence-corrected chi connectivity index (χ1v) is 10.3. The number of carboxylic acids is 1. The van der Waals surface area contributed by atoms with E-state index in [0.717, 1.165) is 16.8 Å². The molecule has 0 saturated heterocycles. The van der Waals surface area contributed by atoms with Gasteiger partial charge in [0.25, 0.3) is 0 Å². The zero-order chi connectivity index (χ0) is 22.7. The molecule has 0 radical (unpaired) electrons. The Labute approximate surface area is 186 Å². The van der Waals surface area contributed by atoms with E-state index in [1.807, 2.05) is 62.4 Å². The number of hydrogen-bond acceptors (Lipinski definition) is 4. The monoisotopic (exact) mass is 425 g/mol. The van der Waals surface area contributed by atoms with Crippen LogP contribution >= 0.6 is 0 Å². The Kier molecular flexibility index (Phi) is 5.94. The molecular formula is C26H23N3O3. The lowest BCUT2D eigenvalue weighted by Crippen LogP contribution is -2.14. The normalized spacial score (nSPS) is 10.8. The second-order valence-electron chi connectivity index (χ2n) is 7.77. The Morgan fingerprint density at radius 1 is 0.938 bits per heavy atom. The molecule has 2 aromatic heterocycles. The molecular weight excluding hydrogens is 402 g/mol. The maximum Gasteiger partial charge on any atom is 0.339 e. The van der Waals surface area contributed by atoms with Gasteiger partial charge in [-0.05, 0) is 31.5 Å². The lowest BCUT2D eigenvalue weighted by molar-refractivity contribution is 0.0696. The summed E-state index contributed by atoms with van der Waals surface area (Å²) in [6.07, 6.45) is 1.55. The Morgan fingerprint density at radius 2 is 1.66 bits per heavy atom. The third-order valence-electron chi connectivity index (χ3n) is 5.33. The number of nitrogens with zero attached hydrogens (tertiary/aromatic N) is 3. The number of carbonyl (C=O) groups excluding carboxylic acids is 1. The maximum absolute atomic E-state index is 13.0.